The zero-order chi connectivity index (χ0) is 14.7. The number of carbonyl (C=O) groups excluding carboxylic acids is 1. The summed E-state index contributed by atoms with van der Waals surface area (Å²) < 4.78 is 7.05. The van der Waals surface area contributed by atoms with Crippen LogP contribution in [0.3, 0.4) is 0 Å². The second kappa shape index (κ2) is 6.26. The Morgan fingerprint density at radius 2 is 2.29 bits per heavy atom. The van der Waals surface area contributed by atoms with E-state index in [2.05, 4.69) is 14.7 Å². The summed E-state index contributed by atoms with van der Waals surface area (Å²) in [7, 11) is 1.69. The van der Waals surface area contributed by atoms with Crippen molar-refractivity contribution < 1.29 is 9.53 Å². The molecule has 5 heteroatoms. The molecule has 21 heavy (non-hydrogen) atoms. The number of methoxy groups -OCH3 is 1. The van der Waals surface area contributed by atoms with Crippen LogP contribution in [-0.2, 0) is 4.74 Å². The molecule has 0 spiro atoms. The maximum atomic E-state index is 12.3. The summed E-state index contributed by atoms with van der Waals surface area (Å²) in [5.74, 6) is 1.46. The first-order valence-electron chi connectivity index (χ1n) is 7.55. The van der Waals surface area contributed by atoms with Crippen LogP contribution in [0.25, 0.3) is 5.52 Å². The van der Waals surface area contributed by atoms with Crippen molar-refractivity contribution in [3.05, 3.63) is 35.9 Å². The van der Waals surface area contributed by atoms with Crippen molar-refractivity contribution in [3.63, 3.8) is 0 Å². The second-order valence-electron chi connectivity index (χ2n) is 5.50. The van der Waals surface area contributed by atoms with Gasteiger partial charge in [-0.05, 0) is 37.8 Å². The molecule has 2 aromatic rings. The molecule has 112 valence electrons. The van der Waals surface area contributed by atoms with Crippen LogP contribution in [0.15, 0.2) is 24.4 Å². The van der Waals surface area contributed by atoms with Crippen LogP contribution in [0.1, 0.15) is 47.9 Å². The minimum atomic E-state index is -0.0805. The van der Waals surface area contributed by atoms with Gasteiger partial charge in [-0.15, -0.1) is 0 Å². The summed E-state index contributed by atoms with van der Waals surface area (Å²) in [6.45, 7) is 1.39. The molecule has 2 aromatic heterocycles. The number of unbranched alkanes of at least 4 members (excludes halogenated alkanes) is 1. The number of pyridine rings is 1. The van der Waals surface area contributed by atoms with Gasteiger partial charge in [0.2, 0.25) is 0 Å². The molecule has 3 rings (SSSR count). The Morgan fingerprint density at radius 1 is 1.43 bits per heavy atom. The molecule has 1 aliphatic carbocycles. The Hall–Kier alpha value is -1.88. The van der Waals surface area contributed by atoms with Crippen molar-refractivity contribution in [2.45, 2.75) is 31.6 Å². The van der Waals surface area contributed by atoms with Gasteiger partial charge in [0.15, 0.2) is 5.69 Å². The molecule has 0 aliphatic heterocycles. The van der Waals surface area contributed by atoms with E-state index in [1.165, 1.54) is 12.8 Å². The fourth-order valence-electron chi connectivity index (χ4n) is 2.52. The van der Waals surface area contributed by atoms with Gasteiger partial charge in [-0.1, -0.05) is 6.07 Å². The fourth-order valence-corrected chi connectivity index (χ4v) is 2.52. The Balaban J connectivity index is 1.72. The van der Waals surface area contributed by atoms with E-state index in [-0.39, 0.29) is 5.91 Å². The lowest BCUT2D eigenvalue weighted by Crippen LogP contribution is -2.25. The largest absolute Gasteiger partial charge is 0.385 e. The molecular formula is C16H21N3O2. The Labute approximate surface area is 124 Å². The molecule has 1 amide bonds. The first-order valence-corrected chi connectivity index (χ1v) is 7.55. The number of ether oxygens (including phenoxy) is 1. The number of nitrogens with zero attached hydrogens (tertiary/aromatic N) is 2. The molecule has 2 heterocycles. The lowest BCUT2D eigenvalue weighted by atomic mass is 10.3. The number of amides is 1. The minimum absolute atomic E-state index is 0.0805. The molecule has 0 aromatic carbocycles. The smallest absolute Gasteiger partial charge is 0.272 e. The molecule has 1 aliphatic rings. The number of hydrogen-bond acceptors (Lipinski definition) is 3. The average Bonchev–Trinajstić information content (AvgIpc) is 3.27. The quantitative estimate of drug-likeness (QED) is 0.795. The lowest BCUT2D eigenvalue weighted by molar-refractivity contribution is 0.0948. The summed E-state index contributed by atoms with van der Waals surface area (Å²) >= 11 is 0. The highest BCUT2D eigenvalue weighted by atomic mass is 16.5. The minimum Gasteiger partial charge on any atom is -0.385 e. The molecule has 1 N–H and O–H groups in total. The number of rotatable bonds is 7. The Morgan fingerprint density at radius 3 is 3.05 bits per heavy atom. The first kappa shape index (κ1) is 14.1. The van der Waals surface area contributed by atoms with E-state index in [0.717, 1.165) is 30.8 Å². The van der Waals surface area contributed by atoms with E-state index in [4.69, 9.17) is 4.74 Å². The van der Waals surface area contributed by atoms with Crippen molar-refractivity contribution in [2.24, 2.45) is 0 Å². The van der Waals surface area contributed by atoms with Gasteiger partial charge in [0.25, 0.3) is 5.91 Å². The maximum absolute atomic E-state index is 12.3. The van der Waals surface area contributed by atoms with Crippen LogP contribution in [-0.4, -0.2) is 35.6 Å². The van der Waals surface area contributed by atoms with E-state index in [1.54, 1.807) is 7.11 Å². The van der Waals surface area contributed by atoms with Crippen LogP contribution in [0.4, 0.5) is 0 Å². The molecule has 0 radical (unpaired) electrons. The van der Waals surface area contributed by atoms with Crippen molar-refractivity contribution in [3.8, 4) is 0 Å². The molecule has 0 saturated heterocycles. The predicted octanol–water partition coefficient (Wildman–Crippen LogP) is 2.37. The summed E-state index contributed by atoms with van der Waals surface area (Å²) in [6.07, 6.45) is 6.21. The zero-order valence-corrected chi connectivity index (χ0v) is 12.3. The molecule has 1 fully saturated rings. The van der Waals surface area contributed by atoms with Crippen LogP contribution >= 0.6 is 0 Å². The van der Waals surface area contributed by atoms with Gasteiger partial charge >= 0.3 is 0 Å². The van der Waals surface area contributed by atoms with Gasteiger partial charge in [-0.25, -0.2) is 4.98 Å². The average molecular weight is 287 g/mol. The Kier molecular flexibility index (Phi) is 4.20. The third kappa shape index (κ3) is 3.08. The highest BCUT2D eigenvalue weighted by Crippen LogP contribution is 2.39. The van der Waals surface area contributed by atoms with Gasteiger partial charge < -0.3 is 14.5 Å². The molecule has 0 atom stereocenters. The summed E-state index contributed by atoms with van der Waals surface area (Å²) in [5.41, 5.74) is 1.44. The van der Waals surface area contributed by atoms with E-state index >= 15 is 0 Å². The Bertz CT molecular complexity index is 631. The lowest BCUT2D eigenvalue weighted by Gasteiger charge is -2.03. The SMILES string of the molecule is COCCCCNC(=O)c1nc(C2CC2)n2ccccc12. The van der Waals surface area contributed by atoms with Gasteiger partial charge in [-0.2, -0.15) is 0 Å². The van der Waals surface area contributed by atoms with E-state index in [9.17, 15) is 4.79 Å². The number of fused-ring (bicyclic) bond motifs is 1. The monoisotopic (exact) mass is 287 g/mol. The van der Waals surface area contributed by atoms with Gasteiger partial charge in [0.1, 0.15) is 5.82 Å². The topological polar surface area (TPSA) is 55.6 Å². The standard InChI is InChI=1S/C16H21N3O2/c1-21-11-5-3-9-17-16(20)14-13-6-2-4-10-19(13)15(18-14)12-7-8-12/h2,4,6,10,12H,3,5,7-9,11H2,1H3,(H,17,20). The van der Waals surface area contributed by atoms with Crippen molar-refractivity contribution in [2.75, 3.05) is 20.3 Å². The third-order valence-electron chi connectivity index (χ3n) is 3.79. The first-order chi connectivity index (χ1) is 10.3. The number of imidazole rings is 1. The molecular weight excluding hydrogens is 266 g/mol. The van der Waals surface area contributed by atoms with Gasteiger partial charge in [0, 0.05) is 32.4 Å². The van der Waals surface area contributed by atoms with Gasteiger partial charge in [0.05, 0.1) is 5.52 Å². The molecule has 5 nitrogen and oxygen atoms in total. The normalized spacial score (nSPS) is 14.5. The predicted molar refractivity (Wildman–Crippen MR) is 80.6 cm³/mol. The van der Waals surface area contributed by atoms with Gasteiger partial charge in [-0.3, -0.25) is 4.79 Å². The van der Waals surface area contributed by atoms with Crippen LogP contribution in [0.2, 0.25) is 0 Å². The second-order valence-corrected chi connectivity index (χ2v) is 5.50. The summed E-state index contributed by atoms with van der Waals surface area (Å²) in [4.78, 5) is 16.9. The maximum Gasteiger partial charge on any atom is 0.272 e. The molecule has 0 bridgehead atoms. The highest BCUT2D eigenvalue weighted by Gasteiger charge is 2.30. The van der Waals surface area contributed by atoms with Crippen LogP contribution in [0, 0.1) is 0 Å². The number of hydrogen-bond donors (Lipinski definition) is 1. The summed E-state index contributed by atoms with van der Waals surface area (Å²) in [5, 5.41) is 2.95. The number of nitrogens with one attached hydrogen (secondary N) is 1. The zero-order valence-electron chi connectivity index (χ0n) is 12.3. The van der Waals surface area contributed by atoms with Crippen molar-refractivity contribution in [1.29, 1.82) is 0 Å². The summed E-state index contributed by atoms with van der Waals surface area (Å²) in [6, 6.07) is 5.88. The van der Waals surface area contributed by atoms with E-state index in [1.807, 2.05) is 24.4 Å². The highest BCUT2D eigenvalue weighted by molar-refractivity contribution is 5.99. The van der Waals surface area contributed by atoms with E-state index < -0.39 is 0 Å². The van der Waals surface area contributed by atoms with E-state index in [0.29, 0.717) is 18.2 Å². The van der Waals surface area contributed by atoms with Crippen molar-refractivity contribution >= 4 is 11.4 Å². The third-order valence-corrected chi connectivity index (χ3v) is 3.79. The van der Waals surface area contributed by atoms with Crippen molar-refractivity contribution in [1.82, 2.24) is 14.7 Å². The number of aromatic nitrogens is 2. The number of carbonyl (C=O) groups is 1. The van der Waals surface area contributed by atoms with Crippen LogP contribution in [0.5, 0.6) is 0 Å². The van der Waals surface area contributed by atoms with Crippen LogP contribution < -0.4 is 5.32 Å². The molecule has 1 saturated carbocycles. The molecule has 0 unspecified atom stereocenters. The fraction of sp³-hybridized carbons (Fsp3) is 0.500.